The van der Waals surface area contributed by atoms with Gasteiger partial charge in [0.05, 0.1) is 16.9 Å². The van der Waals surface area contributed by atoms with Crippen LogP contribution in [0.2, 0.25) is 5.02 Å². The van der Waals surface area contributed by atoms with Crippen LogP contribution >= 0.6 is 23.4 Å². The van der Waals surface area contributed by atoms with Crippen LogP contribution in [0.4, 0.5) is 5.69 Å². The number of rotatable bonds is 7. The zero-order valence-corrected chi connectivity index (χ0v) is 18.7. The van der Waals surface area contributed by atoms with Crippen LogP contribution in [0.15, 0.2) is 77.0 Å². The molecule has 4 rings (SSSR count). The third-order valence-electron chi connectivity index (χ3n) is 4.62. The number of carbonyl (C=O) groups excluding carboxylic acids is 2. The average Bonchev–Trinajstić information content (AvgIpc) is 3.17. The van der Waals surface area contributed by atoms with E-state index in [2.05, 4.69) is 21.9 Å². The van der Waals surface area contributed by atoms with E-state index >= 15 is 0 Å². The summed E-state index contributed by atoms with van der Waals surface area (Å²) in [5.41, 5.74) is 2.24. The molecular weight excluding hydrogens is 446 g/mol. The number of aryl methyl sites for hydroxylation is 1. The first-order chi connectivity index (χ1) is 15.5. The molecule has 0 fully saturated rings. The number of halogens is 1. The predicted octanol–water partition coefficient (Wildman–Crippen LogP) is 5.95. The predicted molar refractivity (Wildman–Crippen MR) is 127 cm³/mol. The highest BCUT2D eigenvalue weighted by atomic mass is 35.5. The van der Waals surface area contributed by atoms with Gasteiger partial charge >= 0.3 is 0 Å². The van der Waals surface area contributed by atoms with E-state index in [1.54, 1.807) is 42.5 Å². The summed E-state index contributed by atoms with van der Waals surface area (Å²) in [5.74, 6) is -0.283. The Balaban J connectivity index is 1.73. The lowest BCUT2D eigenvalue weighted by atomic mass is 10.1. The summed E-state index contributed by atoms with van der Waals surface area (Å²) in [5, 5.41) is 3.88. The summed E-state index contributed by atoms with van der Waals surface area (Å²) in [6, 6.07) is 14.2. The van der Waals surface area contributed by atoms with Crippen molar-refractivity contribution in [3.63, 3.8) is 0 Å². The Labute approximate surface area is 193 Å². The molecule has 0 unspecified atom stereocenters. The van der Waals surface area contributed by atoms with Gasteiger partial charge in [0.1, 0.15) is 5.58 Å². The molecule has 0 atom stereocenters. The molecule has 0 saturated carbocycles. The SMILES string of the molecule is C=CCSc1ncc(Cl)c(C(=O)Nc2c(C(=O)c3ccc(C)cc3)oc3ccccc23)n1. The maximum absolute atomic E-state index is 13.2. The van der Waals surface area contributed by atoms with Gasteiger partial charge < -0.3 is 9.73 Å². The fraction of sp³-hybridized carbons (Fsp3) is 0.0833. The van der Waals surface area contributed by atoms with E-state index < -0.39 is 5.91 Å². The molecule has 0 saturated heterocycles. The fourth-order valence-corrected chi connectivity index (χ4v) is 3.78. The van der Waals surface area contributed by atoms with E-state index in [9.17, 15) is 9.59 Å². The van der Waals surface area contributed by atoms with Crippen molar-refractivity contribution in [2.24, 2.45) is 0 Å². The third-order valence-corrected chi connectivity index (χ3v) is 5.76. The molecule has 0 aliphatic heterocycles. The molecule has 0 radical (unpaired) electrons. The first-order valence-corrected chi connectivity index (χ1v) is 11.0. The number of nitrogens with zero attached hydrogens (tertiary/aromatic N) is 2. The normalized spacial score (nSPS) is 10.8. The van der Waals surface area contributed by atoms with Crippen LogP contribution in [0.3, 0.4) is 0 Å². The number of aromatic nitrogens is 2. The first-order valence-electron chi connectivity index (χ1n) is 9.68. The molecule has 1 amide bonds. The number of nitrogens with one attached hydrogen (secondary N) is 1. The number of hydrogen-bond donors (Lipinski definition) is 1. The Hall–Kier alpha value is -3.42. The fourth-order valence-electron chi connectivity index (χ4n) is 3.05. The Morgan fingerprint density at radius 1 is 1.19 bits per heavy atom. The van der Waals surface area contributed by atoms with Gasteiger partial charge in [0.2, 0.25) is 5.78 Å². The number of para-hydroxylation sites is 1. The molecule has 160 valence electrons. The summed E-state index contributed by atoms with van der Waals surface area (Å²) >= 11 is 7.52. The second-order valence-corrected chi connectivity index (χ2v) is 8.29. The van der Waals surface area contributed by atoms with Gasteiger partial charge in [0.15, 0.2) is 16.6 Å². The van der Waals surface area contributed by atoms with Gasteiger partial charge in [-0.05, 0) is 19.1 Å². The minimum absolute atomic E-state index is 0.00671. The number of ketones is 1. The number of carbonyl (C=O) groups is 2. The van der Waals surface area contributed by atoms with Crippen molar-refractivity contribution in [2.75, 3.05) is 11.1 Å². The van der Waals surface area contributed by atoms with E-state index in [-0.39, 0.29) is 27.9 Å². The minimum Gasteiger partial charge on any atom is -0.450 e. The molecule has 8 heteroatoms. The second kappa shape index (κ2) is 9.38. The number of benzene rings is 2. The Morgan fingerprint density at radius 2 is 1.94 bits per heavy atom. The van der Waals surface area contributed by atoms with Crippen LogP contribution in [0.1, 0.15) is 32.2 Å². The van der Waals surface area contributed by atoms with Crippen LogP contribution in [0.25, 0.3) is 11.0 Å². The van der Waals surface area contributed by atoms with Gasteiger partial charge in [0.25, 0.3) is 5.91 Å². The summed E-state index contributed by atoms with van der Waals surface area (Å²) in [4.78, 5) is 34.7. The van der Waals surface area contributed by atoms with Crippen molar-refractivity contribution in [1.29, 1.82) is 0 Å². The van der Waals surface area contributed by atoms with Gasteiger partial charge in [-0.3, -0.25) is 9.59 Å². The molecule has 2 aromatic carbocycles. The Morgan fingerprint density at radius 3 is 2.69 bits per heavy atom. The first kappa shape index (κ1) is 21.8. The van der Waals surface area contributed by atoms with E-state index in [0.717, 1.165) is 5.56 Å². The minimum atomic E-state index is -0.567. The van der Waals surface area contributed by atoms with E-state index in [4.69, 9.17) is 16.0 Å². The number of furan rings is 1. The van der Waals surface area contributed by atoms with Crippen molar-refractivity contribution >= 4 is 51.7 Å². The number of amides is 1. The standard InChI is InChI=1S/C24H18ClN3O3S/c1-3-12-32-24-26-13-17(25)20(28-24)23(30)27-19-16-6-4-5-7-18(16)31-22(19)21(29)15-10-8-14(2)9-11-15/h3-11,13H,1,12H2,2H3,(H,27,30). The van der Waals surface area contributed by atoms with Gasteiger partial charge in [-0.15, -0.1) is 6.58 Å². The molecule has 6 nitrogen and oxygen atoms in total. The van der Waals surface area contributed by atoms with Gasteiger partial charge in [-0.25, -0.2) is 9.97 Å². The highest BCUT2D eigenvalue weighted by Gasteiger charge is 2.25. The summed E-state index contributed by atoms with van der Waals surface area (Å²) in [7, 11) is 0. The molecule has 0 bridgehead atoms. The van der Waals surface area contributed by atoms with Crippen LogP contribution in [0, 0.1) is 6.92 Å². The van der Waals surface area contributed by atoms with Crippen LogP contribution < -0.4 is 5.32 Å². The molecular formula is C24H18ClN3O3S. The van der Waals surface area contributed by atoms with Gasteiger partial charge in [0, 0.05) is 16.7 Å². The molecule has 2 heterocycles. The number of hydrogen-bond acceptors (Lipinski definition) is 6. The molecule has 0 aliphatic carbocycles. The van der Waals surface area contributed by atoms with E-state index in [0.29, 0.717) is 27.4 Å². The van der Waals surface area contributed by atoms with Crippen molar-refractivity contribution < 1.29 is 14.0 Å². The Bertz CT molecular complexity index is 1330. The molecule has 4 aromatic rings. The van der Waals surface area contributed by atoms with Crippen molar-refractivity contribution in [3.05, 3.63) is 95.0 Å². The maximum Gasteiger partial charge on any atom is 0.276 e. The highest BCUT2D eigenvalue weighted by molar-refractivity contribution is 7.99. The zero-order chi connectivity index (χ0) is 22.7. The number of thioether (sulfide) groups is 1. The van der Waals surface area contributed by atoms with Crippen LogP contribution in [0.5, 0.6) is 0 Å². The van der Waals surface area contributed by atoms with Crippen LogP contribution in [-0.4, -0.2) is 27.4 Å². The third kappa shape index (κ3) is 4.44. The summed E-state index contributed by atoms with van der Waals surface area (Å²) < 4.78 is 5.84. The smallest absolute Gasteiger partial charge is 0.276 e. The van der Waals surface area contributed by atoms with E-state index in [1.807, 2.05) is 19.1 Å². The van der Waals surface area contributed by atoms with Crippen molar-refractivity contribution in [3.8, 4) is 0 Å². The molecule has 32 heavy (non-hydrogen) atoms. The quantitative estimate of drug-likeness (QED) is 0.158. The topological polar surface area (TPSA) is 85.1 Å². The lowest BCUT2D eigenvalue weighted by Crippen LogP contribution is -2.17. The highest BCUT2D eigenvalue weighted by Crippen LogP contribution is 2.33. The lowest BCUT2D eigenvalue weighted by Gasteiger charge is -2.08. The maximum atomic E-state index is 13.2. The van der Waals surface area contributed by atoms with Gasteiger partial charge in [-0.1, -0.05) is 71.4 Å². The van der Waals surface area contributed by atoms with E-state index in [1.165, 1.54) is 18.0 Å². The summed E-state index contributed by atoms with van der Waals surface area (Å²) in [6.45, 7) is 5.60. The average molecular weight is 464 g/mol. The monoisotopic (exact) mass is 463 g/mol. The lowest BCUT2D eigenvalue weighted by molar-refractivity contribution is 0.101. The molecule has 2 aromatic heterocycles. The largest absolute Gasteiger partial charge is 0.450 e. The number of anilines is 1. The zero-order valence-electron chi connectivity index (χ0n) is 17.1. The number of fused-ring (bicyclic) bond motifs is 1. The molecule has 0 aliphatic rings. The Kier molecular flexibility index (Phi) is 6.39. The summed E-state index contributed by atoms with van der Waals surface area (Å²) in [6.07, 6.45) is 3.09. The van der Waals surface area contributed by atoms with Crippen LogP contribution in [-0.2, 0) is 0 Å². The van der Waals surface area contributed by atoms with Crippen molar-refractivity contribution in [1.82, 2.24) is 9.97 Å². The van der Waals surface area contributed by atoms with Gasteiger partial charge in [-0.2, -0.15) is 0 Å². The van der Waals surface area contributed by atoms with Crippen molar-refractivity contribution in [2.45, 2.75) is 12.1 Å². The molecule has 1 N–H and O–H groups in total. The molecule has 0 spiro atoms. The second-order valence-electron chi connectivity index (χ2n) is 6.90.